The lowest BCUT2D eigenvalue weighted by Gasteiger charge is -2.32. The minimum Gasteiger partial charge on any atom is -0.445 e. The van der Waals surface area contributed by atoms with Crippen LogP contribution in [0.3, 0.4) is 0 Å². The highest BCUT2D eigenvalue weighted by Gasteiger charge is 2.52. The third-order valence-electron chi connectivity index (χ3n) is 5.79. The minimum atomic E-state index is -0.599. The molecule has 164 valence electrons. The van der Waals surface area contributed by atoms with E-state index in [0.29, 0.717) is 5.02 Å². The first-order valence-electron chi connectivity index (χ1n) is 10.3. The van der Waals surface area contributed by atoms with E-state index in [1.807, 2.05) is 89.2 Å². The Morgan fingerprint density at radius 2 is 1.74 bits per heavy atom. The molecule has 1 amide bonds. The van der Waals surface area contributed by atoms with Gasteiger partial charge in [-0.15, -0.1) is 0 Å². The van der Waals surface area contributed by atoms with Crippen molar-refractivity contribution in [2.24, 2.45) is 0 Å². The summed E-state index contributed by atoms with van der Waals surface area (Å²) in [4.78, 5) is 12.3. The van der Waals surface area contributed by atoms with Gasteiger partial charge in [0, 0.05) is 11.6 Å². The van der Waals surface area contributed by atoms with Crippen LogP contribution in [0.1, 0.15) is 44.4 Å². The van der Waals surface area contributed by atoms with Gasteiger partial charge in [-0.05, 0) is 68.9 Å². The van der Waals surface area contributed by atoms with Gasteiger partial charge in [-0.3, -0.25) is 0 Å². The molecule has 0 aromatic heterocycles. The highest BCUT2D eigenvalue weighted by Crippen LogP contribution is 2.39. The number of rotatable bonds is 6. The van der Waals surface area contributed by atoms with Gasteiger partial charge in [0.05, 0.1) is 11.2 Å². The second-order valence-corrected chi connectivity index (χ2v) is 9.16. The number of carbonyl (C=O) groups is 1. The van der Waals surface area contributed by atoms with Crippen molar-refractivity contribution in [3.05, 3.63) is 75.7 Å². The van der Waals surface area contributed by atoms with Crippen LogP contribution < -0.4 is 5.32 Å². The Balaban J connectivity index is 1.75. The highest BCUT2D eigenvalue weighted by atomic mass is 35.5. The molecule has 0 radical (unpaired) electrons. The lowest BCUT2D eigenvalue weighted by atomic mass is 9.76. The maximum Gasteiger partial charge on any atom is 0.492 e. The number of nitrogens with one attached hydrogen (secondary N) is 1. The molecule has 0 unspecified atom stereocenters. The molecule has 1 N–H and O–H groups in total. The summed E-state index contributed by atoms with van der Waals surface area (Å²) in [6.45, 7) is 10.4. The number of benzene rings is 2. The normalized spacial score (nSPS) is 17.5. The molecule has 1 aliphatic rings. The van der Waals surface area contributed by atoms with E-state index in [4.69, 9.17) is 25.6 Å². The van der Waals surface area contributed by atoms with Crippen LogP contribution in [-0.4, -0.2) is 31.0 Å². The smallest absolute Gasteiger partial charge is 0.445 e. The molecule has 0 atom stereocenters. The average molecular weight is 442 g/mol. The minimum absolute atomic E-state index is 0.204. The molecule has 5 nitrogen and oxygen atoms in total. The molecule has 1 aliphatic heterocycles. The van der Waals surface area contributed by atoms with Crippen LogP contribution in [0.5, 0.6) is 0 Å². The third-order valence-corrected chi connectivity index (χ3v) is 6.02. The summed E-state index contributed by atoms with van der Waals surface area (Å²) in [6, 6.07) is 15.2. The largest absolute Gasteiger partial charge is 0.492 e. The van der Waals surface area contributed by atoms with E-state index >= 15 is 0 Å². The monoisotopic (exact) mass is 441 g/mol. The summed E-state index contributed by atoms with van der Waals surface area (Å²) in [6.07, 6.45) is 1.45. The van der Waals surface area contributed by atoms with Crippen molar-refractivity contribution in [3.63, 3.8) is 0 Å². The topological polar surface area (TPSA) is 56.8 Å². The van der Waals surface area contributed by atoms with E-state index in [0.717, 1.165) is 22.2 Å². The second-order valence-electron chi connectivity index (χ2n) is 8.72. The Morgan fingerprint density at radius 1 is 1.10 bits per heavy atom. The number of hydrogen-bond acceptors (Lipinski definition) is 4. The predicted molar refractivity (Wildman–Crippen MR) is 125 cm³/mol. The SMILES string of the molecule is Cc1ccc(Cl)cc1C=C(CNC(=O)OCc1ccccc1)B1OC(C)(C)C(C)(C)O1. The molecule has 31 heavy (non-hydrogen) atoms. The Bertz CT molecular complexity index is 943. The fraction of sp³-hybridized carbons (Fsp3) is 0.375. The lowest BCUT2D eigenvalue weighted by Crippen LogP contribution is -2.41. The van der Waals surface area contributed by atoms with Gasteiger partial charge in [0.1, 0.15) is 6.61 Å². The first kappa shape index (κ1) is 23.4. The van der Waals surface area contributed by atoms with Crippen LogP contribution in [0.4, 0.5) is 4.79 Å². The van der Waals surface area contributed by atoms with Crippen molar-refractivity contribution in [1.82, 2.24) is 5.32 Å². The standard InChI is InChI=1S/C24H29BClNO4/c1-17-11-12-21(26)14-19(17)13-20(25-30-23(2,3)24(4,5)31-25)15-27-22(28)29-16-18-9-7-6-8-10-18/h6-14H,15-16H2,1-5H3,(H,27,28). The van der Waals surface area contributed by atoms with Gasteiger partial charge >= 0.3 is 13.2 Å². The first-order valence-corrected chi connectivity index (χ1v) is 10.7. The van der Waals surface area contributed by atoms with Crippen molar-refractivity contribution >= 4 is 30.9 Å². The van der Waals surface area contributed by atoms with Gasteiger partial charge < -0.3 is 19.4 Å². The summed E-state index contributed by atoms with van der Waals surface area (Å²) in [5.41, 5.74) is 2.72. The third kappa shape index (κ3) is 5.91. The van der Waals surface area contributed by atoms with Crippen molar-refractivity contribution in [3.8, 4) is 0 Å². The van der Waals surface area contributed by atoms with Gasteiger partial charge in [-0.2, -0.15) is 0 Å². The summed E-state index contributed by atoms with van der Waals surface area (Å²) in [5.74, 6) is 0. The van der Waals surface area contributed by atoms with Gasteiger partial charge in [-0.25, -0.2) is 4.79 Å². The van der Waals surface area contributed by atoms with E-state index in [-0.39, 0.29) is 13.2 Å². The molecule has 2 aromatic carbocycles. The zero-order chi connectivity index (χ0) is 22.6. The van der Waals surface area contributed by atoms with Crippen LogP contribution in [0.15, 0.2) is 54.0 Å². The second kappa shape index (κ2) is 9.47. The summed E-state index contributed by atoms with van der Waals surface area (Å²) >= 11 is 6.20. The van der Waals surface area contributed by atoms with E-state index < -0.39 is 24.4 Å². The van der Waals surface area contributed by atoms with Crippen LogP contribution in [0, 0.1) is 6.92 Å². The van der Waals surface area contributed by atoms with Gasteiger partial charge in [0.25, 0.3) is 0 Å². The molecule has 0 saturated carbocycles. The molecule has 7 heteroatoms. The molecular formula is C24H29BClNO4. The number of ether oxygens (including phenoxy) is 1. The number of halogens is 1. The molecule has 2 aromatic rings. The Morgan fingerprint density at radius 3 is 2.39 bits per heavy atom. The summed E-state index contributed by atoms with van der Waals surface area (Å²) in [7, 11) is -0.599. The van der Waals surface area contributed by atoms with E-state index in [9.17, 15) is 4.79 Å². The van der Waals surface area contributed by atoms with Crippen molar-refractivity contribution in [1.29, 1.82) is 0 Å². The summed E-state index contributed by atoms with van der Waals surface area (Å²) < 4.78 is 17.8. The fourth-order valence-corrected chi connectivity index (χ4v) is 3.29. The van der Waals surface area contributed by atoms with Gasteiger partial charge in [0.15, 0.2) is 0 Å². The molecule has 1 saturated heterocycles. The van der Waals surface area contributed by atoms with Crippen molar-refractivity contribution in [2.45, 2.75) is 52.4 Å². The highest BCUT2D eigenvalue weighted by molar-refractivity contribution is 6.56. The van der Waals surface area contributed by atoms with Crippen molar-refractivity contribution < 1.29 is 18.8 Å². The molecule has 0 aliphatic carbocycles. The Labute approximate surface area is 189 Å². The zero-order valence-electron chi connectivity index (χ0n) is 18.7. The first-order chi connectivity index (χ1) is 14.6. The fourth-order valence-electron chi connectivity index (χ4n) is 3.11. The Hall–Kier alpha value is -2.28. The number of hydrogen-bond donors (Lipinski definition) is 1. The Kier molecular flexibility index (Phi) is 7.15. The molecule has 0 bridgehead atoms. The number of alkyl carbamates (subject to hydrolysis) is 1. The number of amides is 1. The van der Waals surface area contributed by atoms with Crippen molar-refractivity contribution in [2.75, 3.05) is 6.54 Å². The van der Waals surface area contributed by atoms with Crippen LogP contribution in [0.25, 0.3) is 6.08 Å². The molecular weight excluding hydrogens is 413 g/mol. The van der Waals surface area contributed by atoms with Gasteiger partial charge in [-0.1, -0.05) is 54.1 Å². The molecule has 1 heterocycles. The van der Waals surface area contributed by atoms with Crippen LogP contribution in [0.2, 0.25) is 5.02 Å². The number of aryl methyl sites for hydroxylation is 1. The predicted octanol–water partition coefficient (Wildman–Crippen LogP) is 5.59. The van der Waals surface area contributed by atoms with E-state index in [1.165, 1.54) is 0 Å². The van der Waals surface area contributed by atoms with Crippen LogP contribution in [-0.2, 0) is 20.7 Å². The molecule has 1 fully saturated rings. The van der Waals surface area contributed by atoms with Gasteiger partial charge in [0.2, 0.25) is 0 Å². The van der Waals surface area contributed by atoms with E-state index in [2.05, 4.69) is 5.32 Å². The van der Waals surface area contributed by atoms with E-state index in [1.54, 1.807) is 0 Å². The zero-order valence-corrected chi connectivity index (χ0v) is 19.5. The maximum absolute atomic E-state index is 12.3. The lowest BCUT2D eigenvalue weighted by molar-refractivity contribution is 0.00578. The number of carbonyl (C=O) groups excluding carboxylic acids is 1. The van der Waals surface area contributed by atoms with Crippen LogP contribution >= 0.6 is 11.6 Å². The average Bonchev–Trinajstić information content (AvgIpc) is 2.94. The molecule has 3 rings (SSSR count). The quantitative estimate of drug-likeness (QED) is 0.594. The summed E-state index contributed by atoms with van der Waals surface area (Å²) in [5, 5.41) is 3.46. The maximum atomic E-state index is 12.3. The molecule has 0 spiro atoms.